The number of hydrogen-bond acceptors (Lipinski definition) is 2. The van der Waals surface area contributed by atoms with Crippen LogP contribution in [0.1, 0.15) is 28.7 Å². The van der Waals surface area contributed by atoms with Crippen molar-refractivity contribution >= 4 is 5.97 Å². The molecule has 126 valence electrons. The number of rotatable bonds is 2. The second-order valence-corrected chi connectivity index (χ2v) is 7.79. The number of carbonyl (C=O) groups is 1. The molecule has 0 N–H and O–H groups in total. The van der Waals surface area contributed by atoms with Crippen molar-refractivity contribution in [1.29, 1.82) is 0 Å². The zero-order chi connectivity index (χ0) is 17.2. The van der Waals surface area contributed by atoms with Crippen LogP contribution in [0.2, 0.25) is 0 Å². The predicted octanol–water partition coefficient (Wildman–Crippen LogP) is 4.54. The normalized spacial score (nSPS) is 31.2. The highest BCUT2D eigenvalue weighted by molar-refractivity contribution is 5.80. The van der Waals surface area contributed by atoms with Crippen molar-refractivity contribution in [2.75, 3.05) is 0 Å². The molecule has 1 saturated carbocycles. The average molecular weight is 330 g/mol. The third-order valence-electron chi connectivity index (χ3n) is 6.55. The SMILES string of the molecule is Cc1ccccc1C1(c2ccccc2C)OC(=O)[C@@H]2[C@H]1[C@@H]1C=C[C@H]2C1. The fraction of sp³-hybridized carbons (Fsp3) is 0.348. The summed E-state index contributed by atoms with van der Waals surface area (Å²) in [5, 5.41) is 0. The van der Waals surface area contributed by atoms with Gasteiger partial charge in [0.05, 0.1) is 5.92 Å². The molecule has 25 heavy (non-hydrogen) atoms. The third-order valence-corrected chi connectivity index (χ3v) is 6.55. The maximum Gasteiger partial charge on any atom is 0.311 e. The number of esters is 1. The van der Waals surface area contributed by atoms with Gasteiger partial charge in [0.2, 0.25) is 0 Å². The molecule has 2 aromatic carbocycles. The lowest BCUT2D eigenvalue weighted by molar-refractivity contribution is -0.150. The van der Waals surface area contributed by atoms with Crippen molar-refractivity contribution in [3.63, 3.8) is 0 Å². The Morgan fingerprint density at radius 1 is 0.880 bits per heavy atom. The smallest absolute Gasteiger partial charge is 0.311 e. The summed E-state index contributed by atoms with van der Waals surface area (Å²) in [6.07, 6.45) is 5.64. The van der Waals surface area contributed by atoms with E-state index in [9.17, 15) is 4.79 Å². The van der Waals surface area contributed by atoms with Crippen molar-refractivity contribution < 1.29 is 9.53 Å². The van der Waals surface area contributed by atoms with E-state index < -0.39 is 5.60 Å². The minimum absolute atomic E-state index is 0.00536. The van der Waals surface area contributed by atoms with Gasteiger partial charge in [-0.15, -0.1) is 0 Å². The molecule has 0 amide bonds. The first kappa shape index (κ1) is 14.9. The van der Waals surface area contributed by atoms with E-state index in [1.165, 1.54) is 11.1 Å². The van der Waals surface area contributed by atoms with E-state index in [2.05, 4.69) is 74.5 Å². The Labute approximate surface area is 148 Å². The summed E-state index contributed by atoms with van der Waals surface area (Å²) in [6, 6.07) is 16.8. The van der Waals surface area contributed by atoms with E-state index in [4.69, 9.17) is 4.74 Å². The van der Waals surface area contributed by atoms with Crippen LogP contribution >= 0.6 is 0 Å². The average Bonchev–Trinajstić information content (AvgIpc) is 3.29. The van der Waals surface area contributed by atoms with Crippen LogP contribution < -0.4 is 0 Å². The number of fused-ring (bicyclic) bond motifs is 5. The van der Waals surface area contributed by atoms with Crippen LogP contribution in [0.5, 0.6) is 0 Å². The van der Waals surface area contributed by atoms with Crippen LogP contribution in [-0.2, 0) is 15.1 Å². The molecule has 2 heteroatoms. The van der Waals surface area contributed by atoms with Crippen LogP contribution in [0, 0.1) is 37.5 Å². The van der Waals surface area contributed by atoms with Gasteiger partial charge in [-0.2, -0.15) is 0 Å². The van der Waals surface area contributed by atoms with Crippen molar-refractivity contribution in [3.8, 4) is 0 Å². The Hall–Kier alpha value is -2.35. The Morgan fingerprint density at radius 3 is 2.04 bits per heavy atom. The number of carbonyl (C=O) groups excluding carboxylic acids is 1. The highest BCUT2D eigenvalue weighted by atomic mass is 16.6. The zero-order valence-corrected chi connectivity index (χ0v) is 14.6. The number of ether oxygens (including phenoxy) is 1. The third kappa shape index (κ3) is 1.83. The van der Waals surface area contributed by atoms with Crippen molar-refractivity contribution in [2.24, 2.45) is 23.7 Å². The molecule has 3 aliphatic rings. The minimum atomic E-state index is -0.664. The summed E-state index contributed by atoms with van der Waals surface area (Å²) in [5.74, 6) is 0.929. The molecule has 0 radical (unpaired) electrons. The van der Waals surface area contributed by atoms with Crippen LogP contribution in [0.15, 0.2) is 60.7 Å². The van der Waals surface area contributed by atoms with Crippen molar-refractivity contribution in [2.45, 2.75) is 25.9 Å². The van der Waals surface area contributed by atoms with E-state index in [1.807, 2.05) is 0 Å². The van der Waals surface area contributed by atoms with Crippen molar-refractivity contribution in [3.05, 3.63) is 82.9 Å². The highest BCUT2D eigenvalue weighted by Crippen LogP contribution is 2.63. The Kier molecular flexibility index (Phi) is 3.03. The van der Waals surface area contributed by atoms with Gasteiger partial charge in [0.15, 0.2) is 5.60 Å². The summed E-state index contributed by atoms with van der Waals surface area (Å²) < 4.78 is 6.35. The largest absolute Gasteiger partial charge is 0.449 e. The van der Waals surface area contributed by atoms with E-state index in [0.29, 0.717) is 11.8 Å². The first-order chi connectivity index (χ1) is 12.1. The molecule has 1 heterocycles. The molecule has 2 fully saturated rings. The Morgan fingerprint density at radius 2 is 1.44 bits per heavy atom. The maximum absolute atomic E-state index is 13.0. The fourth-order valence-electron chi connectivity index (χ4n) is 5.59. The quantitative estimate of drug-likeness (QED) is 0.597. The Balaban J connectivity index is 1.82. The van der Waals surface area contributed by atoms with Crippen LogP contribution in [0.4, 0.5) is 0 Å². The molecular formula is C23H22O2. The number of aryl methyl sites for hydroxylation is 2. The molecule has 2 nitrogen and oxygen atoms in total. The van der Waals surface area contributed by atoms with E-state index in [-0.39, 0.29) is 17.8 Å². The molecule has 0 spiro atoms. The number of allylic oxidation sites excluding steroid dienone is 2. The Bertz CT molecular complexity index is 849. The molecule has 2 bridgehead atoms. The standard InChI is InChI=1S/C23H22O2/c1-14-7-3-5-9-18(14)23(19-10-6-4-8-15(19)2)21-17-12-11-16(13-17)20(21)22(24)25-23/h3-12,16-17,20-21H,13H2,1-2H3/t16-,17+,20-,21+/m0/s1. The van der Waals surface area contributed by atoms with E-state index in [0.717, 1.165) is 17.5 Å². The van der Waals surface area contributed by atoms with E-state index >= 15 is 0 Å². The molecule has 4 atom stereocenters. The molecule has 0 unspecified atom stereocenters. The monoisotopic (exact) mass is 330 g/mol. The van der Waals surface area contributed by atoms with Crippen molar-refractivity contribution in [1.82, 2.24) is 0 Å². The molecule has 5 rings (SSSR count). The molecule has 2 aromatic rings. The van der Waals surface area contributed by atoms with Gasteiger partial charge >= 0.3 is 5.97 Å². The van der Waals surface area contributed by atoms with Crippen LogP contribution in [0.25, 0.3) is 0 Å². The lowest BCUT2D eigenvalue weighted by atomic mass is 9.67. The minimum Gasteiger partial charge on any atom is -0.449 e. The number of hydrogen-bond donors (Lipinski definition) is 0. The van der Waals surface area contributed by atoms with Gasteiger partial charge in [0.1, 0.15) is 0 Å². The summed E-state index contributed by atoms with van der Waals surface area (Å²) in [5.41, 5.74) is 4.00. The van der Waals surface area contributed by atoms with Gasteiger partial charge in [-0.3, -0.25) is 4.79 Å². The van der Waals surface area contributed by atoms with Crippen LogP contribution in [-0.4, -0.2) is 5.97 Å². The number of benzene rings is 2. The lowest BCUT2D eigenvalue weighted by Crippen LogP contribution is -2.39. The highest BCUT2D eigenvalue weighted by Gasteiger charge is 2.66. The molecular weight excluding hydrogens is 308 g/mol. The number of cyclic esters (lactones) is 1. The maximum atomic E-state index is 13.0. The van der Waals surface area contributed by atoms with Gasteiger partial charge in [-0.1, -0.05) is 60.7 Å². The second-order valence-electron chi connectivity index (χ2n) is 7.79. The van der Waals surface area contributed by atoms with Gasteiger partial charge in [0.25, 0.3) is 0 Å². The van der Waals surface area contributed by atoms with Gasteiger partial charge in [0, 0.05) is 17.0 Å². The lowest BCUT2D eigenvalue weighted by Gasteiger charge is -2.38. The van der Waals surface area contributed by atoms with Gasteiger partial charge < -0.3 is 4.74 Å². The summed E-state index contributed by atoms with van der Waals surface area (Å²) in [7, 11) is 0. The second kappa shape index (κ2) is 5.08. The van der Waals surface area contributed by atoms with Gasteiger partial charge in [-0.25, -0.2) is 0 Å². The summed E-state index contributed by atoms with van der Waals surface area (Å²) in [6.45, 7) is 4.25. The predicted molar refractivity (Wildman–Crippen MR) is 96.9 cm³/mol. The zero-order valence-electron chi connectivity index (χ0n) is 14.6. The molecule has 2 aliphatic carbocycles. The first-order valence-corrected chi connectivity index (χ1v) is 9.16. The summed E-state index contributed by atoms with van der Waals surface area (Å²) >= 11 is 0. The molecule has 1 saturated heterocycles. The van der Waals surface area contributed by atoms with Crippen LogP contribution in [0.3, 0.4) is 0 Å². The summed E-state index contributed by atoms with van der Waals surface area (Å²) in [4.78, 5) is 13.0. The molecule has 1 aliphatic heterocycles. The van der Waals surface area contributed by atoms with E-state index in [1.54, 1.807) is 0 Å². The molecule has 0 aromatic heterocycles. The topological polar surface area (TPSA) is 26.3 Å². The van der Waals surface area contributed by atoms with Gasteiger partial charge in [-0.05, 0) is 43.2 Å². The fourth-order valence-corrected chi connectivity index (χ4v) is 5.59. The first-order valence-electron chi connectivity index (χ1n) is 9.16.